The Balaban J connectivity index is 1.86. The van der Waals surface area contributed by atoms with Crippen molar-refractivity contribution in [3.8, 4) is 11.8 Å². The molecule has 0 heterocycles. The molecule has 1 aliphatic rings. The summed E-state index contributed by atoms with van der Waals surface area (Å²) < 4.78 is 5.47. The van der Waals surface area contributed by atoms with Crippen molar-refractivity contribution in [3.05, 3.63) is 29.8 Å². The topological polar surface area (TPSA) is 53.3 Å². The van der Waals surface area contributed by atoms with Gasteiger partial charge in [-0.05, 0) is 37.0 Å². The second-order valence-corrected chi connectivity index (χ2v) is 4.70. The minimum atomic E-state index is -0.108. The average Bonchev–Trinajstić information content (AvgIpc) is 3.27. The van der Waals surface area contributed by atoms with Gasteiger partial charge in [0.05, 0.1) is 6.07 Å². The molecular formula is C15H18N2O2. The van der Waals surface area contributed by atoms with Gasteiger partial charge in [0.2, 0.25) is 0 Å². The largest absolute Gasteiger partial charge is 0.484 e. The van der Waals surface area contributed by atoms with Crippen LogP contribution in [-0.2, 0) is 11.2 Å². The molecule has 1 aromatic rings. The third kappa shape index (κ3) is 3.72. The molecule has 0 spiro atoms. The maximum atomic E-state index is 12.0. The number of hydrogen-bond acceptors (Lipinski definition) is 3. The molecule has 1 aromatic carbocycles. The van der Waals surface area contributed by atoms with E-state index in [0.29, 0.717) is 5.75 Å². The molecule has 100 valence electrons. The number of benzene rings is 1. The fourth-order valence-electron chi connectivity index (χ4n) is 1.93. The Morgan fingerprint density at radius 1 is 1.42 bits per heavy atom. The fourth-order valence-corrected chi connectivity index (χ4v) is 1.93. The standard InChI is InChI=1S/C15H18N2O2/c1-2-12-3-7-14(8-4-12)19-11-15(18)17(10-9-16)13-5-6-13/h3-4,7-8,13H,2,5-6,10-11H2,1H3. The summed E-state index contributed by atoms with van der Waals surface area (Å²) in [5.41, 5.74) is 1.24. The molecule has 1 fully saturated rings. The summed E-state index contributed by atoms with van der Waals surface area (Å²) in [6.45, 7) is 2.25. The SMILES string of the molecule is CCc1ccc(OCC(=O)N(CC#N)C2CC2)cc1. The lowest BCUT2D eigenvalue weighted by Crippen LogP contribution is -2.37. The van der Waals surface area contributed by atoms with Crippen molar-refractivity contribution >= 4 is 5.91 Å². The zero-order valence-corrected chi connectivity index (χ0v) is 11.1. The maximum Gasteiger partial charge on any atom is 0.261 e. The summed E-state index contributed by atoms with van der Waals surface area (Å²) in [6.07, 6.45) is 2.98. The Hall–Kier alpha value is -2.02. The third-order valence-electron chi connectivity index (χ3n) is 3.24. The van der Waals surface area contributed by atoms with E-state index in [-0.39, 0.29) is 25.1 Å². The molecule has 0 radical (unpaired) electrons. The molecule has 1 amide bonds. The molecule has 2 rings (SSSR count). The lowest BCUT2D eigenvalue weighted by atomic mass is 10.2. The molecule has 1 saturated carbocycles. The van der Waals surface area contributed by atoms with Gasteiger partial charge in [-0.25, -0.2) is 0 Å². The first-order chi connectivity index (χ1) is 9.24. The number of amides is 1. The van der Waals surface area contributed by atoms with E-state index in [0.717, 1.165) is 19.3 Å². The highest BCUT2D eigenvalue weighted by Gasteiger charge is 2.32. The van der Waals surface area contributed by atoms with Crippen LogP contribution < -0.4 is 4.74 Å². The first kappa shape index (κ1) is 13.4. The third-order valence-corrected chi connectivity index (χ3v) is 3.24. The van der Waals surface area contributed by atoms with Gasteiger partial charge in [0.1, 0.15) is 12.3 Å². The van der Waals surface area contributed by atoms with E-state index in [1.54, 1.807) is 4.90 Å². The van der Waals surface area contributed by atoms with E-state index in [2.05, 4.69) is 6.92 Å². The van der Waals surface area contributed by atoms with Crippen molar-refractivity contribution in [2.45, 2.75) is 32.2 Å². The molecule has 0 N–H and O–H groups in total. The van der Waals surface area contributed by atoms with Gasteiger partial charge in [0.25, 0.3) is 5.91 Å². The van der Waals surface area contributed by atoms with Gasteiger partial charge in [0.15, 0.2) is 6.61 Å². The number of carbonyl (C=O) groups is 1. The van der Waals surface area contributed by atoms with Gasteiger partial charge in [-0.2, -0.15) is 5.26 Å². The van der Waals surface area contributed by atoms with E-state index in [4.69, 9.17) is 10.00 Å². The molecule has 0 unspecified atom stereocenters. The Morgan fingerprint density at radius 2 is 2.11 bits per heavy atom. The Bertz CT molecular complexity index is 472. The summed E-state index contributed by atoms with van der Waals surface area (Å²) in [6, 6.07) is 10.0. The molecule has 1 aliphatic carbocycles. The van der Waals surface area contributed by atoms with Crippen LogP contribution in [-0.4, -0.2) is 30.0 Å². The molecule has 4 heteroatoms. The number of nitriles is 1. The summed E-state index contributed by atoms with van der Waals surface area (Å²) in [5, 5.41) is 8.72. The van der Waals surface area contributed by atoms with Crippen molar-refractivity contribution in [3.63, 3.8) is 0 Å². The average molecular weight is 258 g/mol. The van der Waals surface area contributed by atoms with E-state index in [1.807, 2.05) is 30.3 Å². The number of hydrogen-bond donors (Lipinski definition) is 0. The fraction of sp³-hybridized carbons (Fsp3) is 0.467. The van der Waals surface area contributed by atoms with E-state index in [1.165, 1.54) is 5.56 Å². The minimum absolute atomic E-state index is 0.00362. The summed E-state index contributed by atoms with van der Waals surface area (Å²) in [7, 11) is 0. The van der Waals surface area contributed by atoms with Gasteiger partial charge in [-0.3, -0.25) is 4.79 Å². The second-order valence-electron chi connectivity index (χ2n) is 4.70. The second kappa shape index (κ2) is 6.24. The summed E-state index contributed by atoms with van der Waals surface area (Å²) >= 11 is 0. The molecule has 19 heavy (non-hydrogen) atoms. The van der Waals surface area contributed by atoms with Crippen LogP contribution in [0.25, 0.3) is 0 Å². The monoisotopic (exact) mass is 258 g/mol. The summed E-state index contributed by atoms with van der Waals surface area (Å²) in [4.78, 5) is 13.6. The van der Waals surface area contributed by atoms with Gasteiger partial charge in [-0.1, -0.05) is 19.1 Å². The van der Waals surface area contributed by atoms with Gasteiger partial charge in [0, 0.05) is 6.04 Å². The van der Waals surface area contributed by atoms with Gasteiger partial charge in [-0.15, -0.1) is 0 Å². The zero-order valence-electron chi connectivity index (χ0n) is 11.1. The number of aryl methyl sites for hydroxylation is 1. The van der Waals surface area contributed by atoms with Crippen molar-refractivity contribution in [2.24, 2.45) is 0 Å². The van der Waals surface area contributed by atoms with Crippen molar-refractivity contribution in [1.82, 2.24) is 4.90 Å². The highest BCUT2D eigenvalue weighted by Crippen LogP contribution is 2.26. The minimum Gasteiger partial charge on any atom is -0.484 e. The number of carbonyl (C=O) groups excluding carboxylic acids is 1. The van der Waals surface area contributed by atoms with Crippen LogP contribution in [0.5, 0.6) is 5.75 Å². The number of ether oxygens (including phenoxy) is 1. The van der Waals surface area contributed by atoms with Crippen LogP contribution >= 0.6 is 0 Å². The van der Waals surface area contributed by atoms with Gasteiger partial charge >= 0.3 is 0 Å². The lowest BCUT2D eigenvalue weighted by molar-refractivity contribution is -0.133. The first-order valence-corrected chi connectivity index (χ1v) is 6.62. The molecule has 4 nitrogen and oxygen atoms in total. The number of nitrogens with zero attached hydrogens (tertiary/aromatic N) is 2. The van der Waals surface area contributed by atoms with Crippen molar-refractivity contribution in [1.29, 1.82) is 5.26 Å². The molecule has 0 bridgehead atoms. The molecule has 0 aliphatic heterocycles. The predicted octanol–water partition coefficient (Wildman–Crippen LogP) is 2.14. The molecule has 0 atom stereocenters. The number of rotatable bonds is 6. The maximum absolute atomic E-state index is 12.0. The predicted molar refractivity (Wildman–Crippen MR) is 71.7 cm³/mol. The van der Waals surface area contributed by atoms with Crippen LogP contribution in [0, 0.1) is 11.3 Å². The van der Waals surface area contributed by atoms with Crippen LogP contribution in [0.15, 0.2) is 24.3 Å². The van der Waals surface area contributed by atoms with Crippen molar-refractivity contribution < 1.29 is 9.53 Å². The van der Waals surface area contributed by atoms with Crippen LogP contribution in [0.3, 0.4) is 0 Å². The van der Waals surface area contributed by atoms with Gasteiger partial charge < -0.3 is 9.64 Å². The zero-order chi connectivity index (χ0) is 13.7. The summed E-state index contributed by atoms with van der Waals surface area (Å²) in [5.74, 6) is 0.585. The highest BCUT2D eigenvalue weighted by atomic mass is 16.5. The molecular weight excluding hydrogens is 240 g/mol. The van der Waals surface area contributed by atoms with E-state index >= 15 is 0 Å². The van der Waals surface area contributed by atoms with E-state index < -0.39 is 0 Å². The smallest absolute Gasteiger partial charge is 0.261 e. The van der Waals surface area contributed by atoms with Crippen LogP contribution in [0.1, 0.15) is 25.3 Å². The first-order valence-electron chi connectivity index (χ1n) is 6.62. The Labute approximate surface area is 113 Å². The quantitative estimate of drug-likeness (QED) is 0.735. The lowest BCUT2D eigenvalue weighted by Gasteiger charge is -2.19. The normalized spacial score (nSPS) is 13.7. The Kier molecular flexibility index (Phi) is 4.40. The van der Waals surface area contributed by atoms with Crippen LogP contribution in [0.4, 0.5) is 0 Å². The molecule has 0 saturated heterocycles. The van der Waals surface area contributed by atoms with Crippen LogP contribution in [0.2, 0.25) is 0 Å². The van der Waals surface area contributed by atoms with Crippen molar-refractivity contribution in [2.75, 3.05) is 13.2 Å². The molecule has 0 aromatic heterocycles. The highest BCUT2D eigenvalue weighted by molar-refractivity contribution is 5.78. The Morgan fingerprint density at radius 3 is 2.63 bits per heavy atom. The van der Waals surface area contributed by atoms with E-state index in [9.17, 15) is 4.79 Å².